The molecule has 2 aliphatic carbocycles. The first-order valence-corrected chi connectivity index (χ1v) is 6.93. The van der Waals surface area contributed by atoms with E-state index < -0.39 is 0 Å². The summed E-state index contributed by atoms with van der Waals surface area (Å²) < 4.78 is 0. The second kappa shape index (κ2) is 4.80. The Balaban J connectivity index is 0.00000110. The molecule has 1 aliphatic heterocycles. The number of halogens is 1. The topological polar surface area (TPSA) is 41.1 Å². The Bertz CT molecular complexity index is 499. The molecule has 0 bridgehead atoms. The third-order valence-corrected chi connectivity index (χ3v) is 4.78. The van der Waals surface area contributed by atoms with Crippen molar-refractivity contribution in [1.29, 1.82) is 0 Å². The molecule has 1 saturated carbocycles. The van der Waals surface area contributed by atoms with Crippen molar-refractivity contribution in [3.63, 3.8) is 0 Å². The van der Waals surface area contributed by atoms with Crippen LogP contribution in [0.1, 0.15) is 23.5 Å². The zero-order valence-electron chi connectivity index (χ0n) is 10.8. The van der Waals surface area contributed by atoms with Crippen molar-refractivity contribution in [3.8, 4) is 0 Å². The van der Waals surface area contributed by atoms with Crippen molar-refractivity contribution in [2.45, 2.75) is 24.8 Å². The van der Waals surface area contributed by atoms with Crippen LogP contribution in [0.2, 0.25) is 0 Å². The number of hydrogen-bond donors (Lipinski definition) is 2. The molecule has 0 radical (unpaired) electrons. The summed E-state index contributed by atoms with van der Waals surface area (Å²) in [5, 5.41) is 6.51. The molecule has 1 aromatic rings. The van der Waals surface area contributed by atoms with Gasteiger partial charge in [-0.2, -0.15) is 0 Å². The number of hydrogen-bond acceptors (Lipinski definition) is 2. The first-order valence-electron chi connectivity index (χ1n) is 6.93. The van der Waals surface area contributed by atoms with Crippen LogP contribution >= 0.6 is 12.4 Å². The number of amides is 1. The SMILES string of the molecule is Cl.O=C(NC1C2Cc3ccccc3C21)C1CCNC1. The molecular formula is C15H19ClN2O. The van der Waals surface area contributed by atoms with Gasteiger partial charge in [-0.3, -0.25) is 4.79 Å². The van der Waals surface area contributed by atoms with Gasteiger partial charge in [0.05, 0.1) is 5.92 Å². The molecule has 2 fully saturated rings. The highest BCUT2D eigenvalue weighted by atomic mass is 35.5. The summed E-state index contributed by atoms with van der Waals surface area (Å²) >= 11 is 0. The molecule has 3 aliphatic rings. The van der Waals surface area contributed by atoms with E-state index in [0.29, 0.717) is 17.9 Å². The van der Waals surface area contributed by atoms with Crippen LogP contribution in [0.4, 0.5) is 0 Å². The quantitative estimate of drug-likeness (QED) is 0.860. The average molecular weight is 279 g/mol. The predicted molar refractivity (Wildman–Crippen MR) is 76.5 cm³/mol. The molecule has 102 valence electrons. The Morgan fingerprint density at radius 1 is 1.32 bits per heavy atom. The van der Waals surface area contributed by atoms with Gasteiger partial charge in [-0.25, -0.2) is 0 Å². The van der Waals surface area contributed by atoms with E-state index in [2.05, 4.69) is 34.9 Å². The summed E-state index contributed by atoms with van der Waals surface area (Å²) in [4.78, 5) is 12.1. The molecular weight excluding hydrogens is 260 g/mol. The summed E-state index contributed by atoms with van der Waals surface area (Å²) in [6.45, 7) is 1.84. The summed E-state index contributed by atoms with van der Waals surface area (Å²) in [5.74, 6) is 1.72. The maximum absolute atomic E-state index is 12.1. The van der Waals surface area contributed by atoms with Gasteiger partial charge in [0.25, 0.3) is 0 Å². The normalized spacial score (nSPS) is 34.1. The number of nitrogens with one attached hydrogen (secondary N) is 2. The first kappa shape index (κ1) is 12.9. The van der Waals surface area contributed by atoms with Crippen LogP contribution in [-0.4, -0.2) is 25.0 Å². The minimum Gasteiger partial charge on any atom is -0.352 e. The molecule has 4 heteroatoms. The van der Waals surface area contributed by atoms with E-state index in [0.717, 1.165) is 25.9 Å². The van der Waals surface area contributed by atoms with Gasteiger partial charge in [0.2, 0.25) is 5.91 Å². The van der Waals surface area contributed by atoms with Crippen molar-refractivity contribution in [2.75, 3.05) is 13.1 Å². The molecule has 1 saturated heterocycles. The second-order valence-electron chi connectivity index (χ2n) is 5.82. The maximum Gasteiger partial charge on any atom is 0.224 e. The molecule has 4 unspecified atom stereocenters. The van der Waals surface area contributed by atoms with Gasteiger partial charge in [0, 0.05) is 18.5 Å². The van der Waals surface area contributed by atoms with Crippen LogP contribution in [0.5, 0.6) is 0 Å². The van der Waals surface area contributed by atoms with Gasteiger partial charge in [0.15, 0.2) is 0 Å². The predicted octanol–water partition coefficient (Wildman–Crippen LogP) is 1.47. The number of rotatable bonds is 2. The third kappa shape index (κ3) is 2.05. The number of fused-ring (bicyclic) bond motifs is 3. The Morgan fingerprint density at radius 3 is 2.95 bits per heavy atom. The molecule has 1 heterocycles. The van der Waals surface area contributed by atoms with Crippen molar-refractivity contribution in [1.82, 2.24) is 10.6 Å². The fraction of sp³-hybridized carbons (Fsp3) is 0.533. The highest BCUT2D eigenvalue weighted by molar-refractivity contribution is 5.85. The number of carbonyl (C=O) groups excluding carboxylic acids is 1. The van der Waals surface area contributed by atoms with Crippen LogP contribution in [0.15, 0.2) is 24.3 Å². The van der Waals surface area contributed by atoms with Gasteiger partial charge in [-0.1, -0.05) is 24.3 Å². The van der Waals surface area contributed by atoms with Gasteiger partial charge >= 0.3 is 0 Å². The average Bonchev–Trinajstić information content (AvgIpc) is 2.85. The zero-order valence-corrected chi connectivity index (χ0v) is 11.6. The van der Waals surface area contributed by atoms with Gasteiger partial charge in [-0.05, 0) is 36.4 Å². The fourth-order valence-electron chi connectivity index (χ4n) is 3.71. The van der Waals surface area contributed by atoms with Crippen LogP contribution in [0.25, 0.3) is 0 Å². The first-order chi connectivity index (χ1) is 8.84. The third-order valence-electron chi connectivity index (χ3n) is 4.78. The van der Waals surface area contributed by atoms with E-state index in [1.54, 1.807) is 0 Å². The minimum atomic E-state index is 0. The fourth-order valence-corrected chi connectivity index (χ4v) is 3.71. The number of carbonyl (C=O) groups is 1. The Morgan fingerprint density at radius 2 is 2.16 bits per heavy atom. The standard InChI is InChI=1S/C15H18N2O.ClH/c18-15(10-5-6-16-8-10)17-14-12-7-9-3-1-2-4-11(9)13(12)14;/h1-4,10,12-14,16H,5-8H2,(H,17,18);1H. The van der Waals surface area contributed by atoms with Crippen molar-refractivity contribution in [2.24, 2.45) is 11.8 Å². The van der Waals surface area contributed by atoms with Crippen LogP contribution in [-0.2, 0) is 11.2 Å². The van der Waals surface area contributed by atoms with Gasteiger partial charge in [0.1, 0.15) is 0 Å². The lowest BCUT2D eigenvalue weighted by Gasteiger charge is -2.12. The monoisotopic (exact) mass is 278 g/mol. The van der Waals surface area contributed by atoms with E-state index in [1.807, 2.05) is 0 Å². The van der Waals surface area contributed by atoms with E-state index >= 15 is 0 Å². The summed E-state index contributed by atoms with van der Waals surface area (Å²) in [7, 11) is 0. The number of benzene rings is 1. The van der Waals surface area contributed by atoms with Crippen molar-refractivity contribution < 1.29 is 4.79 Å². The van der Waals surface area contributed by atoms with Gasteiger partial charge < -0.3 is 10.6 Å². The molecule has 3 nitrogen and oxygen atoms in total. The van der Waals surface area contributed by atoms with Crippen LogP contribution in [0.3, 0.4) is 0 Å². The molecule has 4 atom stereocenters. The lowest BCUT2D eigenvalue weighted by atomic mass is 10.0. The van der Waals surface area contributed by atoms with Crippen molar-refractivity contribution >= 4 is 18.3 Å². The van der Waals surface area contributed by atoms with Crippen LogP contribution < -0.4 is 10.6 Å². The summed E-state index contributed by atoms with van der Waals surface area (Å²) in [5.41, 5.74) is 2.96. The molecule has 4 rings (SSSR count). The Labute approximate surface area is 119 Å². The lowest BCUT2D eigenvalue weighted by molar-refractivity contribution is -0.124. The second-order valence-corrected chi connectivity index (χ2v) is 5.82. The molecule has 19 heavy (non-hydrogen) atoms. The van der Waals surface area contributed by atoms with E-state index in [-0.39, 0.29) is 24.2 Å². The molecule has 2 N–H and O–H groups in total. The molecule has 1 amide bonds. The summed E-state index contributed by atoms with van der Waals surface area (Å²) in [6, 6.07) is 9.08. The molecule has 0 aromatic heterocycles. The lowest BCUT2D eigenvalue weighted by Crippen LogP contribution is -2.35. The highest BCUT2D eigenvalue weighted by Crippen LogP contribution is 2.56. The molecule has 0 spiro atoms. The molecule has 1 aromatic carbocycles. The van der Waals surface area contributed by atoms with Crippen LogP contribution in [0, 0.1) is 11.8 Å². The van der Waals surface area contributed by atoms with Gasteiger partial charge in [-0.15, -0.1) is 12.4 Å². The zero-order chi connectivity index (χ0) is 12.1. The Kier molecular flexibility index (Phi) is 3.27. The highest BCUT2D eigenvalue weighted by Gasteiger charge is 2.56. The smallest absolute Gasteiger partial charge is 0.224 e. The van der Waals surface area contributed by atoms with Crippen molar-refractivity contribution in [3.05, 3.63) is 35.4 Å². The Hall–Kier alpha value is -1.06. The summed E-state index contributed by atoms with van der Waals surface area (Å²) in [6.07, 6.45) is 2.14. The van der Waals surface area contributed by atoms with E-state index in [4.69, 9.17) is 0 Å². The minimum absolute atomic E-state index is 0. The maximum atomic E-state index is 12.1. The largest absolute Gasteiger partial charge is 0.352 e. The van der Waals surface area contributed by atoms with E-state index in [1.165, 1.54) is 11.1 Å². The van der Waals surface area contributed by atoms with E-state index in [9.17, 15) is 4.79 Å².